The Morgan fingerprint density at radius 2 is 1.49 bits per heavy atom. The number of aliphatic carboxylic acids is 1. The normalized spacial score (nSPS) is 41.5. The molecule has 10 atom stereocenters. The van der Waals surface area contributed by atoms with Gasteiger partial charge in [0.05, 0.1) is 31.7 Å². The molecule has 1 saturated heterocycles. The SMILES string of the molecule is C=C(C)[C@@H]1CC[C@]2(CCN3CCN(CCOCCO)CC3)CC[C@]3(C)[C@H](CC[C@@H]4[C@@]5(C)CC[C@H](OC(=O)CC(C)(C)C(=O)O)C(C)(C)[C@@H]5CC[C@]43C)[C@@H]12. The number of hydrogen-bond donors (Lipinski definition) is 2. The number of allylic oxidation sites excluding steroid dienone is 1. The van der Waals surface area contributed by atoms with Crippen molar-refractivity contribution in [3.05, 3.63) is 12.2 Å². The van der Waals surface area contributed by atoms with E-state index < -0.39 is 11.4 Å². The molecule has 302 valence electrons. The number of carboxylic acid groups (broad SMARTS) is 1. The molecule has 6 rings (SSSR count). The van der Waals surface area contributed by atoms with E-state index in [1.807, 2.05) is 0 Å². The van der Waals surface area contributed by atoms with Gasteiger partial charge in [-0.05, 0) is 149 Å². The van der Waals surface area contributed by atoms with Gasteiger partial charge in [0, 0.05) is 38.1 Å². The van der Waals surface area contributed by atoms with Crippen LogP contribution in [0.3, 0.4) is 0 Å². The van der Waals surface area contributed by atoms with Crippen LogP contribution in [0.4, 0.5) is 0 Å². The Kier molecular flexibility index (Phi) is 11.7. The van der Waals surface area contributed by atoms with Gasteiger partial charge in [-0.15, -0.1) is 0 Å². The van der Waals surface area contributed by atoms with Crippen molar-refractivity contribution < 1.29 is 29.3 Å². The van der Waals surface area contributed by atoms with Crippen LogP contribution in [0.2, 0.25) is 0 Å². The highest BCUT2D eigenvalue weighted by molar-refractivity contribution is 5.81. The van der Waals surface area contributed by atoms with E-state index >= 15 is 0 Å². The number of aliphatic hydroxyl groups is 1. The number of ether oxygens (including phenoxy) is 2. The van der Waals surface area contributed by atoms with Gasteiger partial charge in [0.1, 0.15) is 6.10 Å². The molecule has 6 aliphatic rings. The van der Waals surface area contributed by atoms with E-state index in [0.29, 0.717) is 41.8 Å². The van der Waals surface area contributed by atoms with Gasteiger partial charge in [0.25, 0.3) is 0 Å². The standard InChI is InChI=1S/C45H76N2O6/c1-31(2)32-12-17-45(20-21-46-22-24-47(25-23-46)26-28-52-29-27-48)19-18-43(8)33(38(32)45)10-11-35-42(7)15-14-36(53-37(49)30-40(3,4)39(50)51)41(5,6)34(42)13-16-44(35,43)9/h32-36,38,48H,1,10-30H2,2-9H3,(H,50,51)/t32-,33+,34-,35+,36-,38+,42-,43+,44+,45+/m0/s1. The molecule has 8 heteroatoms. The van der Waals surface area contributed by atoms with E-state index in [4.69, 9.17) is 14.6 Å². The van der Waals surface area contributed by atoms with Crippen molar-refractivity contribution in [2.45, 2.75) is 139 Å². The highest BCUT2D eigenvalue weighted by Gasteiger charge is 2.71. The predicted octanol–water partition coefficient (Wildman–Crippen LogP) is 8.07. The van der Waals surface area contributed by atoms with Crippen molar-refractivity contribution in [1.82, 2.24) is 9.80 Å². The van der Waals surface area contributed by atoms with Crippen LogP contribution in [0.5, 0.6) is 0 Å². The molecule has 1 heterocycles. The summed E-state index contributed by atoms with van der Waals surface area (Å²) in [5.74, 6) is 1.90. The Hall–Kier alpha value is -1.48. The Bertz CT molecular complexity index is 1360. The third kappa shape index (κ3) is 7.20. The van der Waals surface area contributed by atoms with E-state index in [-0.39, 0.29) is 41.3 Å². The van der Waals surface area contributed by atoms with Crippen molar-refractivity contribution in [3.8, 4) is 0 Å². The van der Waals surface area contributed by atoms with Crippen LogP contribution < -0.4 is 0 Å². The van der Waals surface area contributed by atoms with Gasteiger partial charge in [0.2, 0.25) is 0 Å². The van der Waals surface area contributed by atoms with Crippen LogP contribution in [0, 0.1) is 62.1 Å². The molecule has 5 saturated carbocycles. The van der Waals surface area contributed by atoms with E-state index in [2.05, 4.69) is 57.9 Å². The van der Waals surface area contributed by atoms with Crippen molar-refractivity contribution in [2.24, 2.45) is 62.1 Å². The highest BCUT2D eigenvalue weighted by Crippen LogP contribution is 2.78. The van der Waals surface area contributed by atoms with Gasteiger partial charge in [-0.3, -0.25) is 14.5 Å². The number of piperazine rings is 1. The summed E-state index contributed by atoms with van der Waals surface area (Å²) in [6.07, 6.45) is 13.4. The zero-order chi connectivity index (χ0) is 38.6. The van der Waals surface area contributed by atoms with Crippen LogP contribution in [0.25, 0.3) is 0 Å². The Labute approximate surface area is 322 Å². The first kappa shape index (κ1) is 41.2. The molecule has 0 spiro atoms. The molecule has 0 aromatic rings. The van der Waals surface area contributed by atoms with Gasteiger partial charge >= 0.3 is 11.9 Å². The van der Waals surface area contributed by atoms with Crippen molar-refractivity contribution in [3.63, 3.8) is 0 Å². The second-order valence-electron chi connectivity index (χ2n) is 21.0. The molecule has 0 aromatic carbocycles. The van der Waals surface area contributed by atoms with Gasteiger partial charge in [-0.2, -0.15) is 0 Å². The molecule has 5 aliphatic carbocycles. The molecule has 0 amide bonds. The molecule has 53 heavy (non-hydrogen) atoms. The molecule has 0 aromatic heterocycles. The quantitative estimate of drug-likeness (QED) is 0.111. The molecule has 1 aliphatic heterocycles. The summed E-state index contributed by atoms with van der Waals surface area (Å²) in [5, 5.41) is 18.6. The number of esters is 1. The van der Waals surface area contributed by atoms with Gasteiger partial charge < -0.3 is 24.6 Å². The fourth-order valence-corrected chi connectivity index (χ4v) is 14.5. The number of fused-ring (bicyclic) bond motifs is 7. The lowest BCUT2D eigenvalue weighted by Gasteiger charge is -2.73. The lowest BCUT2D eigenvalue weighted by Crippen LogP contribution is -2.66. The number of rotatable bonds is 13. The Morgan fingerprint density at radius 1 is 0.811 bits per heavy atom. The lowest BCUT2D eigenvalue weighted by molar-refractivity contribution is -0.250. The van der Waals surface area contributed by atoms with Gasteiger partial charge in [0.15, 0.2) is 0 Å². The van der Waals surface area contributed by atoms with E-state index in [9.17, 15) is 14.7 Å². The first-order valence-electron chi connectivity index (χ1n) is 21.6. The molecular formula is C45H76N2O6. The number of carbonyl (C=O) groups is 2. The topological polar surface area (TPSA) is 99.5 Å². The van der Waals surface area contributed by atoms with E-state index in [0.717, 1.165) is 57.4 Å². The zero-order valence-electron chi connectivity index (χ0n) is 34.9. The van der Waals surface area contributed by atoms with E-state index in [1.165, 1.54) is 69.9 Å². The van der Waals surface area contributed by atoms with Crippen LogP contribution in [0.15, 0.2) is 12.2 Å². The summed E-state index contributed by atoms with van der Waals surface area (Å²) in [7, 11) is 0. The number of aliphatic hydroxyl groups excluding tert-OH is 1. The fourth-order valence-electron chi connectivity index (χ4n) is 14.5. The highest BCUT2D eigenvalue weighted by atomic mass is 16.5. The zero-order valence-corrected chi connectivity index (χ0v) is 34.9. The smallest absolute Gasteiger partial charge is 0.309 e. The monoisotopic (exact) mass is 741 g/mol. The molecule has 6 fully saturated rings. The molecule has 0 unspecified atom stereocenters. The summed E-state index contributed by atoms with van der Waals surface area (Å²) in [5.41, 5.74) is 1.33. The summed E-state index contributed by atoms with van der Waals surface area (Å²) < 4.78 is 11.8. The summed E-state index contributed by atoms with van der Waals surface area (Å²) in [6.45, 7) is 30.8. The minimum absolute atomic E-state index is 0.0929. The fraction of sp³-hybridized carbons (Fsp3) is 0.911. The Morgan fingerprint density at radius 3 is 2.13 bits per heavy atom. The minimum atomic E-state index is -1.13. The van der Waals surface area contributed by atoms with Crippen LogP contribution >= 0.6 is 0 Å². The van der Waals surface area contributed by atoms with Crippen molar-refractivity contribution in [1.29, 1.82) is 0 Å². The number of nitrogens with zero attached hydrogens (tertiary/aromatic N) is 2. The average Bonchev–Trinajstić information content (AvgIpc) is 3.48. The number of carbonyl (C=O) groups excluding carboxylic acids is 1. The predicted molar refractivity (Wildman–Crippen MR) is 210 cm³/mol. The first-order chi connectivity index (χ1) is 24.8. The van der Waals surface area contributed by atoms with Crippen molar-refractivity contribution in [2.75, 3.05) is 59.1 Å². The molecule has 0 radical (unpaired) electrons. The minimum Gasteiger partial charge on any atom is -0.481 e. The maximum absolute atomic E-state index is 13.1. The second kappa shape index (κ2) is 15.1. The van der Waals surface area contributed by atoms with Crippen LogP contribution in [-0.2, 0) is 19.1 Å². The number of hydrogen-bond acceptors (Lipinski definition) is 7. The molecular weight excluding hydrogens is 665 g/mol. The third-order valence-corrected chi connectivity index (χ3v) is 17.8. The third-order valence-electron chi connectivity index (χ3n) is 17.8. The second-order valence-corrected chi connectivity index (χ2v) is 21.0. The molecule has 0 bridgehead atoms. The average molecular weight is 741 g/mol. The Balaban J connectivity index is 1.16. The maximum Gasteiger partial charge on any atom is 0.309 e. The van der Waals surface area contributed by atoms with E-state index in [1.54, 1.807) is 13.8 Å². The summed E-state index contributed by atoms with van der Waals surface area (Å²) in [4.78, 5) is 30.1. The summed E-state index contributed by atoms with van der Waals surface area (Å²) in [6, 6.07) is 0. The van der Waals surface area contributed by atoms with Crippen LogP contribution in [0.1, 0.15) is 132 Å². The molecule has 8 nitrogen and oxygen atoms in total. The first-order valence-corrected chi connectivity index (χ1v) is 21.6. The number of carboxylic acids is 1. The lowest BCUT2D eigenvalue weighted by atomic mass is 9.32. The van der Waals surface area contributed by atoms with Crippen LogP contribution in [-0.4, -0.2) is 97.1 Å². The maximum atomic E-state index is 13.1. The van der Waals surface area contributed by atoms with Gasteiger partial charge in [-0.25, -0.2) is 0 Å². The largest absolute Gasteiger partial charge is 0.481 e. The summed E-state index contributed by atoms with van der Waals surface area (Å²) >= 11 is 0. The van der Waals surface area contributed by atoms with Gasteiger partial charge in [-0.1, -0.05) is 46.8 Å². The van der Waals surface area contributed by atoms with Crippen molar-refractivity contribution >= 4 is 11.9 Å². The molecule has 2 N–H and O–H groups in total.